The lowest BCUT2D eigenvalue weighted by atomic mass is 10.1. The minimum absolute atomic E-state index is 0.0326. The highest BCUT2D eigenvalue weighted by Crippen LogP contribution is 2.40. The van der Waals surface area contributed by atoms with Gasteiger partial charge in [-0.1, -0.05) is 12.1 Å². The molecule has 0 saturated heterocycles. The first-order valence-corrected chi connectivity index (χ1v) is 11.6. The number of halogens is 6. The number of aromatic nitrogens is 1. The summed E-state index contributed by atoms with van der Waals surface area (Å²) in [5.74, 6) is 0.208. The average Bonchev–Trinajstić information content (AvgIpc) is 3.26. The van der Waals surface area contributed by atoms with Crippen molar-refractivity contribution in [3.63, 3.8) is 0 Å². The molecule has 4 rings (SSSR count). The summed E-state index contributed by atoms with van der Waals surface area (Å²) in [6, 6.07) is 8.32. The van der Waals surface area contributed by atoms with Gasteiger partial charge in [0.15, 0.2) is 11.8 Å². The molecule has 1 atom stereocenters. The van der Waals surface area contributed by atoms with Crippen molar-refractivity contribution in [1.29, 1.82) is 0 Å². The van der Waals surface area contributed by atoms with E-state index in [1.165, 1.54) is 18.3 Å². The Morgan fingerprint density at radius 3 is 2.25 bits per heavy atom. The average molecular weight is 530 g/mol. The van der Waals surface area contributed by atoms with Crippen molar-refractivity contribution < 1.29 is 44.3 Å². The predicted octanol–water partition coefficient (Wildman–Crippen LogP) is 5.48. The number of furan rings is 1. The largest absolute Gasteiger partial charge is 0.455 e. The fourth-order valence-corrected chi connectivity index (χ4v) is 4.89. The van der Waals surface area contributed by atoms with Gasteiger partial charge >= 0.3 is 12.4 Å². The van der Waals surface area contributed by atoms with Crippen molar-refractivity contribution in [3.8, 4) is 0 Å². The maximum Gasteiger partial charge on any atom is 0.417 e. The summed E-state index contributed by atoms with van der Waals surface area (Å²) in [4.78, 5) is 2.08. The van der Waals surface area contributed by atoms with Gasteiger partial charge in [0, 0.05) is 18.1 Å². The van der Waals surface area contributed by atoms with Gasteiger partial charge in [-0.05, 0) is 48.0 Å². The highest BCUT2D eigenvalue weighted by Gasteiger charge is 2.41. The predicted molar refractivity (Wildman–Crippen MR) is 114 cm³/mol. The lowest BCUT2D eigenvalue weighted by molar-refractivity contribution is -0.144. The zero-order valence-corrected chi connectivity index (χ0v) is 18.7. The molecule has 0 aliphatic carbocycles. The molecule has 2 aromatic heterocycles. The Kier molecular flexibility index (Phi) is 6.58. The Labute approximate surface area is 200 Å². The minimum Gasteiger partial charge on any atom is -0.455 e. The molecule has 0 radical (unpaired) electrons. The highest BCUT2D eigenvalue weighted by atomic mass is 32.2. The molecule has 0 aliphatic heterocycles. The summed E-state index contributed by atoms with van der Waals surface area (Å²) in [5.41, 5.74) is -2.60. The first kappa shape index (κ1) is 25.7. The van der Waals surface area contributed by atoms with Gasteiger partial charge in [-0.25, -0.2) is 8.42 Å². The number of hydrogen-bond acceptors (Lipinski definition) is 6. The number of nitrogens with zero attached hydrogens (tertiary/aromatic N) is 1. The summed E-state index contributed by atoms with van der Waals surface area (Å²) in [5, 5.41) is 13.8. The third kappa shape index (κ3) is 5.22. The number of pyridine rings is 1. The molecule has 0 amide bonds. The van der Waals surface area contributed by atoms with Gasteiger partial charge in [0.25, 0.3) is 0 Å². The van der Waals surface area contributed by atoms with E-state index in [0.717, 1.165) is 17.5 Å². The Morgan fingerprint density at radius 2 is 1.64 bits per heavy atom. The van der Waals surface area contributed by atoms with Crippen LogP contribution < -0.4 is 5.32 Å². The van der Waals surface area contributed by atoms with Crippen LogP contribution in [0.1, 0.15) is 28.7 Å². The summed E-state index contributed by atoms with van der Waals surface area (Å²) >= 11 is 0. The molecule has 2 aromatic carbocycles. The first-order chi connectivity index (χ1) is 16.8. The van der Waals surface area contributed by atoms with Gasteiger partial charge in [-0.3, -0.25) is 10.3 Å². The summed E-state index contributed by atoms with van der Waals surface area (Å²) in [6.45, 7) is 0.0326. The third-order valence-corrected chi connectivity index (χ3v) is 7.07. The van der Waals surface area contributed by atoms with Crippen LogP contribution >= 0.6 is 0 Å². The van der Waals surface area contributed by atoms with E-state index in [-0.39, 0.29) is 24.4 Å². The Morgan fingerprint density at radius 1 is 0.944 bits per heavy atom. The second-order valence-electron chi connectivity index (χ2n) is 7.70. The van der Waals surface area contributed by atoms with Crippen molar-refractivity contribution in [2.75, 3.05) is 0 Å². The topological polar surface area (TPSA) is 92.4 Å². The van der Waals surface area contributed by atoms with Gasteiger partial charge < -0.3 is 9.52 Å². The van der Waals surface area contributed by atoms with E-state index >= 15 is 0 Å². The zero-order valence-electron chi connectivity index (χ0n) is 17.9. The number of aliphatic hydroxyl groups excluding tert-OH is 1. The number of aliphatic hydroxyl groups is 1. The Balaban J connectivity index is 1.54. The molecule has 2 heterocycles. The number of alkyl halides is 6. The molecule has 190 valence electrons. The van der Waals surface area contributed by atoms with Crippen molar-refractivity contribution in [2.45, 2.75) is 34.9 Å². The zero-order chi connectivity index (χ0) is 26.3. The maximum atomic E-state index is 13.4. The molecule has 6 nitrogen and oxygen atoms in total. The lowest BCUT2D eigenvalue weighted by Crippen LogP contribution is -2.20. The number of hydrogen-bond donors (Lipinski definition) is 2. The van der Waals surface area contributed by atoms with E-state index in [1.54, 1.807) is 18.3 Å². The lowest BCUT2D eigenvalue weighted by Gasteiger charge is -2.16. The monoisotopic (exact) mass is 530 g/mol. The molecule has 2 N–H and O–H groups in total. The SMILES string of the molecule is O=S(=O)(c1ccc(CNC(O)c2cc3ccncc3o2)cc1)c1ccc(C(F)(F)F)cc1C(F)(F)F. The normalized spacial score (nSPS) is 13.8. The van der Waals surface area contributed by atoms with Gasteiger partial charge in [0.05, 0.1) is 27.1 Å². The molecule has 4 aromatic rings. The number of fused-ring (bicyclic) bond motifs is 1. The van der Waals surface area contributed by atoms with Gasteiger partial charge in [-0.15, -0.1) is 0 Å². The molecule has 1 unspecified atom stereocenters. The standard InChI is InChI=1S/C23H16F6N2O4S/c24-22(25,26)15-3-6-20(17(10-15)23(27,28)29)36(33,34)16-4-1-13(2-5-16)11-31-21(32)18-9-14-7-8-30-12-19(14)35-18/h1-10,12,21,31-32H,11H2. The molecule has 0 bridgehead atoms. The molecular formula is C23H16F6N2O4S. The number of nitrogens with one attached hydrogen (secondary N) is 1. The molecule has 36 heavy (non-hydrogen) atoms. The van der Waals surface area contributed by atoms with Crippen molar-refractivity contribution in [3.05, 3.63) is 89.4 Å². The van der Waals surface area contributed by atoms with E-state index in [0.29, 0.717) is 17.2 Å². The third-order valence-electron chi connectivity index (χ3n) is 5.25. The first-order valence-electron chi connectivity index (χ1n) is 10.1. The fourth-order valence-electron chi connectivity index (χ4n) is 3.43. The van der Waals surface area contributed by atoms with Crippen LogP contribution in [-0.2, 0) is 28.7 Å². The van der Waals surface area contributed by atoms with E-state index in [2.05, 4.69) is 10.3 Å². The molecule has 0 saturated carbocycles. The summed E-state index contributed by atoms with van der Waals surface area (Å²) < 4.78 is 110. The van der Waals surface area contributed by atoms with Crippen LogP contribution in [0.3, 0.4) is 0 Å². The van der Waals surface area contributed by atoms with Crippen LogP contribution in [-0.4, -0.2) is 18.5 Å². The second kappa shape index (κ2) is 9.22. The maximum absolute atomic E-state index is 13.4. The van der Waals surface area contributed by atoms with Crippen LogP contribution in [0.15, 0.2) is 81.2 Å². The number of benzene rings is 2. The molecular weight excluding hydrogens is 514 g/mol. The van der Waals surface area contributed by atoms with E-state index in [1.807, 2.05) is 0 Å². The minimum atomic E-state index is -5.34. The Hall–Kier alpha value is -3.42. The van der Waals surface area contributed by atoms with Crippen LogP contribution in [0.5, 0.6) is 0 Å². The summed E-state index contributed by atoms with van der Waals surface area (Å²) in [7, 11) is -4.80. The summed E-state index contributed by atoms with van der Waals surface area (Å²) in [6.07, 6.45) is -8.61. The smallest absolute Gasteiger partial charge is 0.417 e. The van der Waals surface area contributed by atoms with Gasteiger partial charge in [-0.2, -0.15) is 26.3 Å². The van der Waals surface area contributed by atoms with E-state index < -0.39 is 49.3 Å². The van der Waals surface area contributed by atoms with Crippen LogP contribution in [0.2, 0.25) is 0 Å². The van der Waals surface area contributed by atoms with E-state index in [4.69, 9.17) is 4.42 Å². The highest BCUT2D eigenvalue weighted by molar-refractivity contribution is 7.91. The fraction of sp³-hybridized carbons (Fsp3) is 0.174. The van der Waals surface area contributed by atoms with Gasteiger partial charge in [0.2, 0.25) is 9.84 Å². The van der Waals surface area contributed by atoms with Crippen molar-refractivity contribution in [2.24, 2.45) is 0 Å². The van der Waals surface area contributed by atoms with Crippen molar-refractivity contribution >= 4 is 20.8 Å². The molecule has 0 spiro atoms. The molecule has 13 heteroatoms. The van der Waals surface area contributed by atoms with E-state index in [9.17, 15) is 39.9 Å². The van der Waals surface area contributed by atoms with Crippen LogP contribution in [0.4, 0.5) is 26.3 Å². The van der Waals surface area contributed by atoms with Crippen molar-refractivity contribution in [1.82, 2.24) is 10.3 Å². The number of sulfone groups is 1. The second-order valence-corrected chi connectivity index (χ2v) is 9.62. The molecule has 0 aliphatic rings. The number of rotatable bonds is 6. The Bertz CT molecular complexity index is 1460. The van der Waals surface area contributed by atoms with Crippen LogP contribution in [0.25, 0.3) is 11.0 Å². The van der Waals surface area contributed by atoms with Crippen LogP contribution in [0, 0.1) is 0 Å². The quantitative estimate of drug-likeness (QED) is 0.254. The molecule has 0 fully saturated rings. The van der Waals surface area contributed by atoms with Gasteiger partial charge in [0.1, 0.15) is 5.76 Å².